The first-order valence-corrected chi connectivity index (χ1v) is 5.80. The molecule has 4 nitrogen and oxygen atoms in total. The Morgan fingerprint density at radius 1 is 1.30 bits per heavy atom. The summed E-state index contributed by atoms with van der Waals surface area (Å²) in [5.41, 5.74) is -0.439. The van der Waals surface area contributed by atoms with Gasteiger partial charge < -0.3 is 9.84 Å². The van der Waals surface area contributed by atoms with Gasteiger partial charge in [0.1, 0.15) is 28.9 Å². The Labute approximate surface area is 118 Å². The number of aromatic carboxylic acids is 1. The van der Waals surface area contributed by atoms with Crippen molar-refractivity contribution in [1.29, 1.82) is 5.26 Å². The number of nitriles is 1. The number of hydrogen-bond acceptors (Lipinski definition) is 3. The first kappa shape index (κ1) is 13.8. The van der Waals surface area contributed by atoms with E-state index in [4.69, 9.17) is 26.7 Å². The summed E-state index contributed by atoms with van der Waals surface area (Å²) in [6.45, 7) is 0. The molecule has 0 spiro atoms. The van der Waals surface area contributed by atoms with Crippen molar-refractivity contribution in [3.8, 4) is 17.6 Å². The molecule has 2 aromatic rings. The fraction of sp³-hybridized carbons (Fsp3) is 0. The Balaban J connectivity index is 2.51. The highest BCUT2D eigenvalue weighted by Crippen LogP contribution is 2.31. The van der Waals surface area contributed by atoms with Crippen LogP contribution in [0.3, 0.4) is 0 Å². The van der Waals surface area contributed by atoms with E-state index in [1.165, 1.54) is 30.3 Å². The fourth-order valence-corrected chi connectivity index (χ4v) is 1.75. The van der Waals surface area contributed by atoms with Crippen LogP contribution in [0.1, 0.15) is 15.9 Å². The van der Waals surface area contributed by atoms with Gasteiger partial charge in [-0.3, -0.25) is 0 Å². The standard InChI is InChI=1S/C14H7ClFNO3/c15-9-5-4-8(7-17)12(6-9)20-11-3-1-2-10(16)13(11)14(18)19/h1-6H,(H,18,19). The molecule has 0 atom stereocenters. The van der Waals surface area contributed by atoms with E-state index in [1.807, 2.05) is 6.07 Å². The topological polar surface area (TPSA) is 70.3 Å². The summed E-state index contributed by atoms with van der Waals surface area (Å²) in [5.74, 6) is -2.52. The van der Waals surface area contributed by atoms with Crippen LogP contribution in [0.5, 0.6) is 11.5 Å². The van der Waals surface area contributed by atoms with Crippen molar-refractivity contribution in [1.82, 2.24) is 0 Å². The molecule has 0 heterocycles. The molecule has 0 aliphatic carbocycles. The van der Waals surface area contributed by atoms with Gasteiger partial charge in [0, 0.05) is 11.1 Å². The normalized spacial score (nSPS) is 9.85. The quantitative estimate of drug-likeness (QED) is 0.932. The molecular weight excluding hydrogens is 285 g/mol. The van der Waals surface area contributed by atoms with Gasteiger partial charge in [0.15, 0.2) is 0 Å². The minimum Gasteiger partial charge on any atom is -0.477 e. The Kier molecular flexibility index (Phi) is 3.87. The van der Waals surface area contributed by atoms with Gasteiger partial charge in [-0.25, -0.2) is 9.18 Å². The number of carbonyl (C=O) groups is 1. The largest absolute Gasteiger partial charge is 0.477 e. The van der Waals surface area contributed by atoms with Crippen LogP contribution in [0.4, 0.5) is 4.39 Å². The van der Waals surface area contributed by atoms with Gasteiger partial charge >= 0.3 is 5.97 Å². The fourth-order valence-electron chi connectivity index (χ4n) is 1.59. The SMILES string of the molecule is N#Cc1ccc(Cl)cc1Oc1cccc(F)c1C(=O)O. The van der Waals surface area contributed by atoms with E-state index < -0.39 is 17.3 Å². The molecule has 0 bridgehead atoms. The number of carboxylic acids is 1. The molecule has 0 amide bonds. The summed E-state index contributed by atoms with van der Waals surface area (Å²) in [6, 6.07) is 9.79. The van der Waals surface area contributed by atoms with Gasteiger partial charge in [-0.1, -0.05) is 17.7 Å². The molecule has 2 aromatic carbocycles. The van der Waals surface area contributed by atoms with Gasteiger partial charge in [-0.15, -0.1) is 0 Å². The van der Waals surface area contributed by atoms with E-state index in [1.54, 1.807) is 0 Å². The van der Waals surface area contributed by atoms with Crippen LogP contribution in [-0.4, -0.2) is 11.1 Å². The lowest BCUT2D eigenvalue weighted by molar-refractivity contribution is 0.0689. The molecular formula is C14H7ClFNO3. The molecule has 1 N–H and O–H groups in total. The van der Waals surface area contributed by atoms with Crippen LogP contribution in [0.15, 0.2) is 36.4 Å². The van der Waals surface area contributed by atoms with Gasteiger partial charge in [0.2, 0.25) is 0 Å². The average Bonchev–Trinajstić information content (AvgIpc) is 2.38. The van der Waals surface area contributed by atoms with Crippen LogP contribution in [0, 0.1) is 17.1 Å². The van der Waals surface area contributed by atoms with Crippen molar-refractivity contribution in [2.45, 2.75) is 0 Å². The maximum absolute atomic E-state index is 13.5. The van der Waals surface area contributed by atoms with Gasteiger partial charge in [-0.2, -0.15) is 5.26 Å². The first-order valence-electron chi connectivity index (χ1n) is 5.42. The highest BCUT2D eigenvalue weighted by atomic mass is 35.5. The molecule has 100 valence electrons. The summed E-state index contributed by atoms with van der Waals surface area (Å²) < 4.78 is 18.8. The van der Waals surface area contributed by atoms with E-state index in [0.717, 1.165) is 6.07 Å². The van der Waals surface area contributed by atoms with Crippen LogP contribution < -0.4 is 4.74 Å². The summed E-state index contributed by atoms with van der Waals surface area (Å²) in [5, 5.41) is 18.3. The van der Waals surface area contributed by atoms with Crippen LogP contribution >= 0.6 is 11.6 Å². The third kappa shape index (κ3) is 2.71. The second-order valence-electron chi connectivity index (χ2n) is 3.77. The number of carboxylic acid groups (broad SMARTS) is 1. The number of ether oxygens (including phenoxy) is 1. The van der Waals surface area contributed by atoms with Crippen molar-refractivity contribution < 1.29 is 19.0 Å². The minimum atomic E-state index is -1.46. The highest BCUT2D eigenvalue weighted by Gasteiger charge is 2.18. The molecule has 0 saturated heterocycles. The minimum absolute atomic E-state index is 0.0631. The number of hydrogen-bond donors (Lipinski definition) is 1. The lowest BCUT2D eigenvalue weighted by Gasteiger charge is -2.10. The molecule has 0 fully saturated rings. The molecule has 2 rings (SSSR count). The molecule has 0 radical (unpaired) electrons. The van der Waals surface area contributed by atoms with Crippen molar-refractivity contribution in [3.63, 3.8) is 0 Å². The maximum atomic E-state index is 13.5. The van der Waals surface area contributed by atoms with E-state index >= 15 is 0 Å². The zero-order valence-corrected chi connectivity index (χ0v) is 10.7. The molecule has 0 aromatic heterocycles. The molecule has 20 heavy (non-hydrogen) atoms. The Morgan fingerprint density at radius 3 is 2.70 bits per heavy atom. The van der Waals surface area contributed by atoms with Gasteiger partial charge in [0.05, 0.1) is 5.56 Å². The van der Waals surface area contributed by atoms with Crippen molar-refractivity contribution in [2.75, 3.05) is 0 Å². The zero-order valence-electron chi connectivity index (χ0n) is 9.93. The van der Waals surface area contributed by atoms with Crippen LogP contribution in [0.2, 0.25) is 5.02 Å². The highest BCUT2D eigenvalue weighted by molar-refractivity contribution is 6.30. The lowest BCUT2D eigenvalue weighted by Crippen LogP contribution is -2.03. The van der Waals surface area contributed by atoms with Gasteiger partial charge in [-0.05, 0) is 24.3 Å². The summed E-state index contributed by atoms with van der Waals surface area (Å²) in [7, 11) is 0. The Bertz CT molecular complexity index is 725. The van der Waals surface area contributed by atoms with Crippen molar-refractivity contribution in [3.05, 3.63) is 58.4 Å². The van der Waals surface area contributed by atoms with Crippen LogP contribution in [0.25, 0.3) is 0 Å². The van der Waals surface area contributed by atoms with Crippen molar-refractivity contribution >= 4 is 17.6 Å². The Hall–Kier alpha value is -2.58. The smallest absolute Gasteiger partial charge is 0.342 e. The average molecular weight is 292 g/mol. The molecule has 0 unspecified atom stereocenters. The number of rotatable bonds is 3. The zero-order chi connectivity index (χ0) is 14.7. The van der Waals surface area contributed by atoms with Crippen LogP contribution in [-0.2, 0) is 0 Å². The third-order valence-electron chi connectivity index (χ3n) is 2.47. The summed E-state index contributed by atoms with van der Waals surface area (Å²) >= 11 is 5.79. The molecule has 0 aliphatic heterocycles. The van der Waals surface area contributed by atoms with Gasteiger partial charge in [0.25, 0.3) is 0 Å². The second-order valence-corrected chi connectivity index (χ2v) is 4.21. The molecule has 0 saturated carbocycles. The lowest BCUT2D eigenvalue weighted by atomic mass is 10.1. The second kappa shape index (κ2) is 5.59. The van der Waals surface area contributed by atoms with E-state index in [2.05, 4.69) is 0 Å². The summed E-state index contributed by atoms with van der Waals surface area (Å²) in [6.07, 6.45) is 0. The number of benzene rings is 2. The molecule has 0 aliphatic rings. The predicted molar refractivity (Wildman–Crippen MR) is 69.6 cm³/mol. The summed E-state index contributed by atoms with van der Waals surface area (Å²) in [4.78, 5) is 11.0. The third-order valence-corrected chi connectivity index (χ3v) is 2.71. The molecule has 6 heteroatoms. The number of nitrogens with zero attached hydrogens (tertiary/aromatic N) is 1. The van der Waals surface area contributed by atoms with E-state index in [9.17, 15) is 9.18 Å². The maximum Gasteiger partial charge on any atom is 0.342 e. The predicted octanol–water partition coefficient (Wildman–Crippen LogP) is 3.84. The van der Waals surface area contributed by atoms with E-state index in [-0.39, 0.29) is 17.1 Å². The monoisotopic (exact) mass is 291 g/mol. The Morgan fingerprint density at radius 2 is 2.05 bits per heavy atom. The van der Waals surface area contributed by atoms with Crippen molar-refractivity contribution in [2.24, 2.45) is 0 Å². The first-order chi connectivity index (χ1) is 9.52. The number of halogens is 2. The van der Waals surface area contributed by atoms with E-state index in [0.29, 0.717) is 5.02 Å².